The molecule has 2 aliphatic heterocycles. The maximum absolute atomic E-state index is 12.1. The second-order valence-corrected chi connectivity index (χ2v) is 7.24. The smallest absolute Gasteiger partial charge is 0.383 e. The SMILES string of the molecule is CC[C@@]12CCOC([C@H](n3ccc(N)nc3=O)O1)[C@H]2OP(=O)(O)OC. The third kappa shape index (κ3) is 2.90. The number of fused-ring (bicyclic) bond motifs is 2. The fourth-order valence-corrected chi connectivity index (χ4v) is 3.89. The molecule has 0 amide bonds. The van der Waals surface area contributed by atoms with Crippen LogP contribution in [0.3, 0.4) is 0 Å². The van der Waals surface area contributed by atoms with Gasteiger partial charge in [-0.25, -0.2) is 9.36 Å². The Morgan fingerprint density at radius 1 is 1.62 bits per heavy atom. The molecule has 3 rings (SSSR count). The van der Waals surface area contributed by atoms with Crippen molar-refractivity contribution < 1.29 is 28.0 Å². The van der Waals surface area contributed by atoms with E-state index in [0.29, 0.717) is 19.4 Å². The van der Waals surface area contributed by atoms with Crippen molar-refractivity contribution in [2.75, 3.05) is 19.5 Å². The molecule has 0 radical (unpaired) electrons. The van der Waals surface area contributed by atoms with E-state index in [1.165, 1.54) is 16.8 Å². The van der Waals surface area contributed by atoms with Crippen LogP contribution in [0.25, 0.3) is 0 Å². The van der Waals surface area contributed by atoms with Gasteiger partial charge in [0.1, 0.15) is 23.6 Å². The van der Waals surface area contributed by atoms with Crippen molar-refractivity contribution in [3.63, 3.8) is 0 Å². The van der Waals surface area contributed by atoms with Gasteiger partial charge < -0.3 is 20.1 Å². The second kappa shape index (κ2) is 6.21. The molecule has 1 aromatic heterocycles. The molecule has 2 aliphatic rings. The number of nitrogens with two attached hydrogens (primary N) is 1. The first-order valence-electron chi connectivity index (χ1n) is 7.53. The Labute approximate surface area is 138 Å². The summed E-state index contributed by atoms with van der Waals surface area (Å²) in [5, 5.41) is 0. The van der Waals surface area contributed by atoms with E-state index in [9.17, 15) is 14.3 Å². The predicted octanol–water partition coefficient (Wildman–Crippen LogP) is 0.424. The van der Waals surface area contributed by atoms with Crippen LogP contribution in [0.15, 0.2) is 17.1 Å². The van der Waals surface area contributed by atoms with E-state index in [0.717, 1.165) is 7.11 Å². The van der Waals surface area contributed by atoms with Crippen molar-refractivity contribution >= 4 is 13.6 Å². The largest absolute Gasteiger partial charge is 0.472 e. The topological polar surface area (TPSA) is 135 Å². The zero-order valence-electron chi connectivity index (χ0n) is 13.3. The summed E-state index contributed by atoms with van der Waals surface area (Å²) in [5.41, 5.74) is 4.05. The molecule has 0 spiro atoms. The van der Waals surface area contributed by atoms with Crippen LogP contribution in [-0.4, -0.2) is 46.0 Å². The van der Waals surface area contributed by atoms with Gasteiger partial charge in [0.2, 0.25) is 0 Å². The number of nitrogens with zero attached hydrogens (tertiary/aromatic N) is 2. The van der Waals surface area contributed by atoms with Gasteiger partial charge in [0.05, 0.1) is 6.61 Å². The maximum atomic E-state index is 12.1. The normalized spacial score (nSPS) is 34.9. The molecule has 2 saturated heterocycles. The fourth-order valence-electron chi connectivity index (χ4n) is 3.20. The van der Waals surface area contributed by atoms with E-state index in [-0.39, 0.29) is 5.82 Å². The molecule has 2 unspecified atom stereocenters. The van der Waals surface area contributed by atoms with Gasteiger partial charge >= 0.3 is 13.5 Å². The molecule has 0 saturated carbocycles. The quantitative estimate of drug-likeness (QED) is 0.715. The molecule has 3 heterocycles. The molecule has 0 aromatic carbocycles. The number of hydrogen-bond donors (Lipinski definition) is 2. The van der Waals surface area contributed by atoms with Gasteiger partial charge in [0, 0.05) is 19.7 Å². The zero-order valence-corrected chi connectivity index (χ0v) is 14.2. The molecule has 134 valence electrons. The van der Waals surface area contributed by atoms with Crippen molar-refractivity contribution in [1.29, 1.82) is 0 Å². The van der Waals surface area contributed by atoms with Gasteiger partial charge in [-0.1, -0.05) is 6.92 Å². The highest BCUT2D eigenvalue weighted by molar-refractivity contribution is 7.47. The Hall–Kier alpha value is -1.29. The standard InChI is InChI=1S/C13H20N3O7P/c1-3-13-5-7-21-9(10(13)23-24(18,19)20-2)11(22-13)16-6-4-8(14)15-12(16)17/h4,6,9-11H,3,5,7H2,1-2H3,(H,18,19)(H2,14,15,17)/t9?,10-,11-,13+/m1/s1. The van der Waals surface area contributed by atoms with E-state index >= 15 is 0 Å². The van der Waals surface area contributed by atoms with E-state index in [1.54, 1.807) is 0 Å². The molecule has 2 fully saturated rings. The van der Waals surface area contributed by atoms with Crippen LogP contribution in [0.5, 0.6) is 0 Å². The highest BCUT2D eigenvalue weighted by atomic mass is 31.2. The van der Waals surface area contributed by atoms with Gasteiger partial charge in [-0.3, -0.25) is 13.6 Å². The number of rotatable bonds is 5. The number of nitrogen functional groups attached to an aromatic ring is 1. The predicted molar refractivity (Wildman–Crippen MR) is 82.1 cm³/mol. The van der Waals surface area contributed by atoms with Crippen LogP contribution in [0.1, 0.15) is 26.0 Å². The number of phosphoric acid groups is 1. The lowest BCUT2D eigenvalue weighted by Crippen LogP contribution is -2.49. The molecule has 0 aliphatic carbocycles. The van der Waals surface area contributed by atoms with Crippen LogP contribution in [0.2, 0.25) is 0 Å². The highest BCUT2D eigenvalue weighted by Crippen LogP contribution is 2.54. The molecular weight excluding hydrogens is 341 g/mol. The van der Waals surface area contributed by atoms with Crippen LogP contribution in [0, 0.1) is 0 Å². The van der Waals surface area contributed by atoms with Gasteiger partial charge in [0.15, 0.2) is 6.23 Å². The number of hydrogen-bond acceptors (Lipinski definition) is 8. The first-order valence-corrected chi connectivity index (χ1v) is 9.02. The monoisotopic (exact) mass is 361 g/mol. The summed E-state index contributed by atoms with van der Waals surface area (Å²) >= 11 is 0. The molecule has 3 N–H and O–H groups in total. The van der Waals surface area contributed by atoms with E-state index < -0.39 is 37.5 Å². The Bertz CT molecular complexity index is 726. The van der Waals surface area contributed by atoms with Crippen LogP contribution in [-0.2, 0) is 23.1 Å². The Balaban J connectivity index is 1.99. The minimum atomic E-state index is -4.25. The summed E-state index contributed by atoms with van der Waals surface area (Å²) in [6.45, 7) is 2.26. The summed E-state index contributed by atoms with van der Waals surface area (Å²) in [5.74, 6) is 0.0929. The first-order chi connectivity index (χ1) is 11.3. The second-order valence-electron chi connectivity index (χ2n) is 5.73. The lowest BCUT2D eigenvalue weighted by Gasteiger charge is -2.37. The molecule has 24 heavy (non-hydrogen) atoms. The third-order valence-corrected chi connectivity index (χ3v) is 5.45. The van der Waals surface area contributed by atoms with Crippen molar-refractivity contribution in [3.8, 4) is 0 Å². The molecule has 10 nitrogen and oxygen atoms in total. The molecule has 2 bridgehead atoms. The number of aromatic nitrogens is 2. The average molecular weight is 361 g/mol. The summed E-state index contributed by atoms with van der Waals surface area (Å²) in [6, 6.07) is 1.47. The summed E-state index contributed by atoms with van der Waals surface area (Å²) in [4.78, 5) is 25.5. The lowest BCUT2D eigenvalue weighted by molar-refractivity contribution is -0.120. The minimum absolute atomic E-state index is 0.0929. The van der Waals surface area contributed by atoms with E-state index in [1.807, 2.05) is 6.92 Å². The van der Waals surface area contributed by atoms with Crippen molar-refractivity contribution in [2.24, 2.45) is 0 Å². The summed E-state index contributed by atoms with van der Waals surface area (Å²) < 4.78 is 34.7. The van der Waals surface area contributed by atoms with Crippen LogP contribution in [0.4, 0.5) is 5.82 Å². The molecule has 11 heteroatoms. The van der Waals surface area contributed by atoms with Crippen LogP contribution >= 0.6 is 7.82 Å². The average Bonchev–Trinajstić information content (AvgIpc) is 2.70. The molecular formula is C13H20N3O7P. The molecule has 5 atom stereocenters. The minimum Gasteiger partial charge on any atom is -0.383 e. The summed E-state index contributed by atoms with van der Waals surface area (Å²) in [7, 11) is -3.17. The number of phosphoric ester groups is 1. The number of anilines is 1. The highest BCUT2D eigenvalue weighted by Gasteiger charge is 2.60. The zero-order chi connectivity index (χ0) is 17.5. The third-order valence-electron chi connectivity index (χ3n) is 4.49. The first kappa shape index (κ1) is 17.5. The molecule has 1 aromatic rings. The van der Waals surface area contributed by atoms with Crippen molar-refractivity contribution in [2.45, 2.75) is 43.8 Å². The van der Waals surface area contributed by atoms with Gasteiger partial charge in [0.25, 0.3) is 0 Å². The number of ether oxygens (including phenoxy) is 2. The lowest BCUT2D eigenvalue weighted by atomic mass is 9.87. The summed E-state index contributed by atoms with van der Waals surface area (Å²) in [6.07, 6.45) is -0.0279. The van der Waals surface area contributed by atoms with Gasteiger partial charge in [-0.15, -0.1) is 0 Å². The van der Waals surface area contributed by atoms with Crippen molar-refractivity contribution in [3.05, 3.63) is 22.7 Å². The van der Waals surface area contributed by atoms with Crippen molar-refractivity contribution in [1.82, 2.24) is 9.55 Å². The van der Waals surface area contributed by atoms with Gasteiger partial charge in [-0.2, -0.15) is 4.98 Å². The maximum Gasteiger partial charge on any atom is 0.472 e. The van der Waals surface area contributed by atoms with Gasteiger partial charge in [-0.05, 0) is 12.5 Å². The Morgan fingerprint density at radius 3 is 3.00 bits per heavy atom. The Morgan fingerprint density at radius 2 is 2.38 bits per heavy atom. The van der Waals surface area contributed by atoms with E-state index in [4.69, 9.17) is 19.7 Å². The van der Waals surface area contributed by atoms with Crippen LogP contribution < -0.4 is 11.4 Å². The van der Waals surface area contributed by atoms with E-state index in [2.05, 4.69) is 9.51 Å². The fraction of sp³-hybridized carbons (Fsp3) is 0.692. The Kier molecular flexibility index (Phi) is 4.54.